The van der Waals surface area contributed by atoms with Gasteiger partial charge in [0.2, 0.25) is 11.8 Å². The first-order chi connectivity index (χ1) is 23.2. The molecule has 4 aliphatic heterocycles. The first-order valence-corrected chi connectivity index (χ1v) is 15.1. The lowest BCUT2D eigenvalue weighted by atomic mass is 9.84. The molecule has 0 saturated carbocycles. The molecule has 0 aliphatic carbocycles. The smallest absolute Gasteiger partial charge is 0.269 e. The number of nitrogens with zero attached hydrogens (tertiary/aromatic N) is 6. The van der Waals surface area contributed by atoms with E-state index in [2.05, 4.69) is 0 Å². The number of rotatable bonds is 6. The van der Waals surface area contributed by atoms with Gasteiger partial charge in [-0.25, -0.2) is 19.8 Å². The Morgan fingerprint density at radius 3 is 1.08 bits per heavy atom. The lowest BCUT2D eigenvalue weighted by Crippen LogP contribution is -2.50. The summed E-state index contributed by atoms with van der Waals surface area (Å²) in [6.07, 6.45) is 0. The number of fused-ring (bicyclic) bond motifs is 5. The van der Waals surface area contributed by atoms with Crippen molar-refractivity contribution in [3.05, 3.63) is 141 Å². The zero-order valence-electron chi connectivity index (χ0n) is 24.8. The van der Waals surface area contributed by atoms with Gasteiger partial charge in [0.15, 0.2) is 0 Å². The van der Waals surface area contributed by atoms with Crippen LogP contribution in [-0.4, -0.2) is 55.6 Å². The number of carbonyl (C=O) groups excluding carboxylic acids is 4. The molecule has 6 atom stereocenters. The molecule has 0 unspecified atom stereocenters. The van der Waals surface area contributed by atoms with Gasteiger partial charge in [0, 0.05) is 24.3 Å². The van der Waals surface area contributed by atoms with Crippen LogP contribution in [0.1, 0.15) is 23.2 Å². The second-order valence-electron chi connectivity index (χ2n) is 12.0. The molecule has 0 radical (unpaired) electrons. The fourth-order valence-electron chi connectivity index (χ4n) is 7.75. The molecular weight excluding hydrogens is 620 g/mol. The summed E-state index contributed by atoms with van der Waals surface area (Å²) in [5.41, 5.74) is 1.27. The maximum Gasteiger partial charge on any atom is 0.269 e. The van der Waals surface area contributed by atoms with E-state index in [1.807, 2.05) is 0 Å². The second-order valence-corrected chi connectivity index (χ2v) is 12.0. The minimum Gasteiger partial charge on any atom is -0.274 e. The van der Waals surface area contributed by atoms with E-state index in [9.17, 15) is 39.4 Å². The highest BCUT2D eigenvalue weighted by Gasteiger charge is 2.73. The number of carbonyl (C=O) groups is 4. The molecule has 0 N–H and O–H groups in total. The van der Waals surface area contributed by atoms with E-state index in [-0.39, 0.29) is 22.7 Å². The Labute approximate surface area is 271 Å². The van der Waals surface area contributed by atoms with E-state index < -0.39 is 69.5 Å². The fourth-order valence-corrected chi connectivity index (χ4v) is 7.75. The van der Waals surface area contributed by atoms with Gasteiger partial charge in [0.1, 0.15) is 12.1 Å². The Hall–Kier alpha value is -6.12. The Morgan fingerprint density at radius 1 is 0.438 bits per heavy atom. The van der Waals surface area contributed by atoms with E-state index in [0.29, 0.717) is 11.1 Å². The highest BCUT2D eigenvalue weighted by atomic mass is 16.6. The number of benzene rings is 4. The van der Waals surface area contributed by atoms with Gasteiger partial charge in [0.05, 0.1) is 45.1 Å². The van der Waals surface area contributed by atoms with Gasteiger partial charge in [-0.1, -0.05) is 60.7 Å². The third-order valence-electron chi connectivity index (χ3n) is 9.64. The molecule has 4 saturated heterocycles. The SMILES string of the molecule is O=C1[C@H]2[C@H](C(=O)N1c1ccc([N+](=O)[O-])cc1)N1[C@@H](c3ccccc3)[C@H]3C(=O)N(c4ccc([N+](=O)[O-])cc4)C(=O)[C@H]3N1[C@H]2c1ccccc1. The van der Waals surface area contributed by atoms with Gasteiger partial charge in [-0.2, -0.15) is 0 Å². The van der Waals surface area contributed by atoms with Crippen LogP contribution in [0, 0.1) is 32.1 Å². The van der Waals surface area contributed by atoms with Crippen LogP contribution in [0.2, 0.25) is 0 Å². The van der Waals surface area contributed by atoms with E-state index >= 15 is 0 Å². The monoisotopic (exact) mass is 644 g/mol. The largest absolute Gasteiger partial charge is 0.274 e. The van der Waals surface area contributed by atoms with Crippen LogP contribution in [0.5, 0.6) is 0 Å². The van der Waals surface area contributed by atoms with Crippen molar-refractivity contribution in [2.75, 3.05) is 9.80 Å². The van der Waals surface area contributed by atoms with Gasteiger partial charge >= 0.3 is 0 Å². The van der Waals surface area contributed by atoms with Gasteiger partial charge in [-0.05, 0) is 35.4 Å². The third-order valence-corrected chi connectivity index (χ3v) is 9.64. The van der Waals surface area contributed by atoms with Crippen molar-refractivity contribution >= 4 is 46.4 Å². The first-order valence-electron chi connectivity index (χ1n) is 15.1. The summed E-state index contributed by atoms with van der Waals surface area (Å²) in [6.45, 7) is 0. The van der Waals surface area contributed by atoms with Gasteiger partial charge in [-0.3, -0.25) is 39.4 Å². The number of nitro groups is 2. The van der Waals surface area contributed by atoms with Crippen LogP contribution in [-0.2, 0) is 19.2 Å². The molecular formula is C34H24N6O8. The maximum absolute atomic E-state index is 14.4. The summed E-state index contributed by atoms with van der Waals surface area (Å²) >= 11 is 0. The van der Waals surface area contributed by atoms with Gasteiger partial charge in [0.25, 0.3) is 23.2 Å². The number of amides is 4. The average molecular weight is 645 g/mol. The maximum atomic E-state index is 14.4. The molecule has 0 spiro atoms. The zero-order valence-corrected chi connectivity index (χ0v) is 24.8. The summed E-state index contributed by atoms with van der Waals surface area (Å²) in [6, 6.07) is 24.4. The molecule has 4 heterocycles. The van der Waals surface area contributed by atoms with E-state index in [1.54, 1.807) is 70.7 Å². The summed E-state index contributed by atoms with van der Waals surface area (Å²) in [4.78, 5) is 81.1. The quantitative estimate of drug-likeness (QED) is 0.170. The van der Waals surface area contributed by atoms with Crippen molar-refractivity contribution in [2.24, 2.45) is 11.8 Å². The highest BCUT2D eigenvalue weighted by molar-refractivity contribution is 6.26. The number of nitro benzene ring substituents is 2. The van der Waals surface area contributed by atoms with Crippen LogP contribution < -0.4 is 9.80 Å². The van der Waals surface area contributed by atoms with Crippen LogP contribution in [0.3, 0.4) is 0 Å². The molecule has 4 amide bonds. The number of non-ortho nitro benzene ring substituents is 2. The molecule has 238 valence electrons. The second kappa shape index (κ2) is 10.7. The summed E-state index contributed by atoms with van der Waals surface area (Å²) in [7, 11) is 0. The normalized spacial score (nSPS) is 26.6. The molecule has 8 rings (SSSR count). The van der Waals surface area contributed by atoms with Crippen molar-refractivity contribution in [3.63, 3.8) is 0 Å². The van der Waals surface area contributed by atoms with Crippen molar-refractivity contribution in [2.45, 2.75) is 24.2 Å². The fraction of sp³-hybridized carbons (Fsp3) is 0.176. The average Bonchev–Trinajstić information content (AvgIpc) is 3.77. The topological polar surface area (TPSA) is 168 Å². The molecule has 4 fully saturated rings. The highest BCUT2D eigenvalue weighted by Crippen LogP contribution is 2.59. The van der Waals surface area contributed by atoms with E-state index in [4.69, 9.17) is 0 Å². The Kier molecular flexibility index (Phi) is 6.54. The molecule has 48 heavy (non-hydrogen) atoms. The lowest BCUT2D eigenvalue weighted by Gasteiger charge is -2.35. The molecule has 0 bridgehead atoms. The van der Waals surface area contributed by atoms with Crippen LogP contribution in [0.4, 0.5) is 22.7 Å². The van der Waals surface area contributed by atoms with Gasteiger partial charge < -0.3 is 0 Å². The molecule has 0 aromatic heterocycles. The predicted molar refractivity (Wildman–Crippen MR) is 168 cm³/mol. The summed E-state index contributed by atoms with van der Waals surface area (Å²) in [5.74, 6) is -4.19. The lowest BCUT2D eigenvalue weighted by molar-refractivity contribution is -0.385. The summed E-state index contributed by atoms with van der Waals surface area (Å²) < 4.78 is 0. The minimum atomic E-state index is -1.10. The number of hydrazine groups is 1. The van der Waals surface area contributed by atoms with Crippen LogP contribution >= 0.6 is 0 Å². The van der Waals surface area contributed by atoms with Crippen molar-refractivity contribution < 1.29 is 29.0 Å². The Morgan fingerprint density at radius 2 is 0.771 bits per heavy atom. The first kappa shape index (κ1) is 29.3. The van der Waals surface area contributed by atoms with Crippen molar-refractivity contribution in [3.8, 4) is 0 Å². The molecule has 4 aromatic rings. The summed E-state index contributed by atoms with van der Waals surface area (Å²) in [5, 5.41) is 26.0. The number of anilines is 2. The minimum absolute atomic E-state index is 0.176. The van der Waals surface area contributed by atoms with E-state index in [1.165, 1.54) is 48.5 Å². The molecule has 4 aromatic carbocycles. The van der Waals surface area contributed by atoms with Crippen LogP contribution in [0.15, 0.2) is 109 Å². The number of hydrogen-bond donors (Lipinski definition) is 0. The molecule has 14 nitrogen and oxygen atoms in total. The Balaban J connectivity index is 1.28. The molecule has 14 heteroatoms. The van der Waals surface area contributed by atoms with E-state index in [0.717, 1.165) is 9.80 Å². The zero-order chi connectivity index (χ0) is 33.4. The standard InChI is InChI=1S/C34H24N6O8/c41-31-25-27(19-7-3-1-4-8-19)37-30-26(32(42)36(34(30)44)22-13-17-24(18-14-22)40(47)48)28(20-9-5-2-6-10-20)38(37)29(25)33(43)35(31)21-11-15-23(16-12-21)39(45)46/h1-18,25-30H/t25-,26-,27+,28+,29-,30+/m1/s1. The van der Waals surface area contributed by atoms with Crippen LogP contribution in [0.25, 0.3) is 0 Å². The third kappa shape index (κ3) is 4.06. The number of hydrogen-bond acceptors (Lipinski definition) is 10. The predicted octanol–water partition coefficient (Wildman–Crippen LogP) is 3.95. The Bertz CT molecular complexity index is 1880. The van der Waals surface area contributed by atoms with Crippen molar-refractivity contribution in [1.82, 2.24) is 10.0 Å². The van der Waals surface area contributed by atoms with Gasteiger partial charge in [-0.15, -0.1) is 0 Å². The number of imide groups is 2. The van der Waals surface area contributed by atoms with Crippen molar-refractivity contribution in [1.29, 1.82) is 0 Å². The molecule has 4 aliphatic rings.